The lowest BCUT2D eigenvalue weighted by atomic mass is 10.0. The molecule has 170 valence electrons. The highest BCUT2D eigenvalue weighted by Crippen LogP contribution is 2.35. The van der Waals surface area contributed by atoms with Crippen LogP contribution in [0, 0.1) is 11.3 Å². The van der Waals surface area contributed by atoms with Crippen LogP contribution in [0.4, 0.5) is 18.9 Å². The zero-order chi connectivity index (χ0) is 23.5. The number of methoxy groups -OCH3 is 2. The van der Waals surface area contributed by atoms with Gasteiger partial charge >= 0.3 is 6.18 Å². The standard InChI is InChI=1S/C22H21ClF3N3O3/c1-31-13-17-12-28(21(30)18-6-4-15(23)9-20(18)32-2)7-8-29(17)16-5-3-14(11-27)19(10-16)22(24,25)26/h3-6,9-10,17H,7-8,12-13H2,1-2H3. The number of hydrogen-bond acceptors (Lipinski definition) is 5. The van der Waals surface area contributed by atoms with E-state index in [-0.39, 0.29) is 31.6 Å². The van der Waals surface area contributed by atoms with Gasteiger partial charge in [-0.1, -0.05) is 11.6 Å². The molecule has 1 atom stereocenters. The van der Waals surface area contributed by atoms with Gasteiger partial charge in [-0.2, -0.15) is 18.4 Å². The van der Waals surface area contributed by atoms with Crippen molar-refractivity contribution in [2.75, 3.05) is 45.4 Å². The van der Waals surface area contributed by atoms with Crippen LogP contribution in [-0.4, -0.2) is 57.3 Å². The van der Waals surface area contributed by atoms with Crippen molar-refractivity contribution in [3.8, 4) is 11.8 Å². The van der Waals surface area contributed by atoms with Gasteiger partial charge in [0.25, 0.3) is 5.91 Å². The molecule has 0 spiro atoms. The number of anilines is 1. The minimum absolute atomic E-state index is 0.197. The molecule has 0 radical (unpaired) electrons. The number of rotatable bonds is 5. The van der Waals surface area contributed by atoms with Crippen LogP contribution < -0.4 is 9.64 Å². The molecule has 0 aromatic heterocycles. The Labute approximate surface area is 188 Å². The highest BCUT2D eigenvalue weighted by atomic mass is 35.5. The second-order valence-electron chi connectivity index (χ2n) is 7.24. The van der Waals surface area contributed by atoms with E-state index in [1.165, 1.54) is 20.3 Å². The van der Waals surface area contributed by atoms with Gasteiger partial charge in [0.1, 0.15) is 5.75 Å². The maximum absolute atomic E-state index is 13.4. The first-order chi connectivity index (χ1) is 15.2. The van der Waals surface area contributed by atoms with E-state index in [1.54, 1.807) is 34.1 Å². The van der Waals surface area contributed by atoms with Crippen LogP contribution in [0.15, 0.2) is 36.4 Å². The molecule has 1 saturated heterocycles. The highest BCUT2D eigenvalue weighted by Gasteiger charge is 2.36. The predicted octanol–water partition coefficient (Wildman–Crippen LogP) is 4.22. The summed E-state index contributed by atoms with van der Waals surface area (Å²) in [7, 11) is 2.93. The monoisotopic (exact) mass is 467 g/mol. The Kier molecular flexibility index (Phi) is 7.16. The lowest BCUT2D eigenvalue weighted by molar-refractivity contribution is -0.137. The Morgan fingerprint density at radius 1 is 1.22 bits per heavy atom. The van der Waals surface area contributed by atoms with E-state index >= 15 is 0 Å². The van der Waals surface area contributed by atoms with Crippen molar-refractivity contribution in [1.82, 2.24) is 4.90 Å². The molecule has 1 unspecified atom stereocenters. The molecule has 0 aliphatic carbocycles. The van der Waals surface area contributed by atoms with Crippen LogP contribution in [0.25, 0.3) is 0 Å². The number of carbonyl (C=O) groups is 1. The maximum atomic E-state index is 13.4. The lowest BCUT2D eigenvalue weighted by Gasteiger charge is -2.42. The normalized spacial score (nSPS) is 16.6. The average Bonchev–Trinajstić information content (AvgIpc) is 2.77. The second-order valence-corrected chi connectivity index (χ2v) is 7.67. The number of nitriles is 1. The zero-order valence-corrected chi connectivity index (χ0v) is 18.2. The Morgan fingerprint density at radius 2 is 1.97 bits per heavy atom. The molecule has 0 bridgehead atoms. The van der Waals surface area contributed by atoms with Gasteiger partial charge < -0.3 is 19.3 Å². The molecule has 0 N–H and O–H groups in total. The Morgan fingerprint density at radius 3 is 2.59 bits per heavy atom. The third-order valence-corrected chi connectivity index (χ3v) is 5.52. The summed E-state index contributed by atoms with van der Waals surface area (Å²) in [6.45, 7) is 1.01. The number of amides is 1. The number of nitrogens with zero attached hydrogens (tertiary/aromatic N) is 3. The minimum atomic E-state index is -4.65. The summed E-state index contributed by atoms with van der Waals surface area (Å²) < 4.78 is 50.8. The molecule has 0 saturated carbocycles. The molecule has 1 heterocycles. The zero-order valence-electron chi connectivity index (χ0n) is 17.4. The highest BCUT2D eigenvalue weighted by molar-refractivity contribution is 6.30. The third-order valence-electron chi connectivity index (χ3n) is 5.28. The van der Waals surface area contributed by atoms with Crippen LogP contribution >= 0.6 is 11.6 Å². The predicted molar refractivity (Wildman–Crippen MR) is 113 cm³/mol. The van der Waals surface area contributed by atoms with Crippen LogP contribution in [-0.2, 0) is 10.9 Å². The SMILES string of the molecule is COCC1CN(C(=O)c2ccc(Cl)cc2OC)CCN1c1ccc(C#N)c(C(F)(F)F)c1. The third kappa shape index (κ3) is 4.92. The first-order valence-electron chi connectivity index (χ1n) is 9.69. The van der Waals surface area contributed by atoms with Crippen molar-refractivity contribution in [3.63, 3.8) is 0 Å². The summed E-state index contributed by atoms with van der Waals surface area (Å²) in [6, 6.07) is 9.54. The second kappa shape index (κ2) is 9.67. The quantitative estimate of drug-likeness (QED) is 0.659. The van der Waals surface area contributed by atoms with Gasteiger partial charge in [-0.05, 0) is 36.4 Å². The Balaban J connectivity index is 1.88. The summed E-state index contributed by atoms with van der Waals surface area (Å²) in [5, 5.41) is 9.47. The number of halogens is 4. The summed E-state index contributed by atoms with van der Waals surface area (Å²) in [4.78, 5) is 16.5. The van der Waals surface area contributed by atoms with Gasteiger partial charge in [-0.25, -0.2) is 0 Å². The van der Waals surface area contributed by atoms with E-state index in [2.05, 4.69) is 0 Å². The van der Waals surface area contributed by atoms with E-state index in [4.69, 9.17) is 26.3 Å². The van der Waals surface area contributed by atoms with E-state index in [0.29, 0.717) is 28.6 Å². The summed E-state index contributed by atoms with van der Waals surface area (Å²) >= 11 is 5.98. The van der Waals surface area contributed by atoms with E-state index < -0.39 is 17.3 Å². The van der Waals surface area contributed by atoms with Crippen LogP contribution in [0.5, 0.6) is 5.75 Å². The van der Waals surface area contributed by atoms with Crippen molar-refractivity contribution in [2.45, 2.75) is 12.2 Å². The Bertz CT molecular complexity index is 1040. The van der Waals surface area contributed by atoms with Crippen molar-refractivity contribution in [2.24, 2.45) is 0 Å². The molecular formula is C22H21ClF3N3O3. The van der Waals surface area contributed by atoms with Gasteiger partial charge in [0, 0.05) is 37.5 Å². The molecule has 2 aromatic carbocycles. The molecule has 1 amide bonds. The minimum Gasteiger partial charge on any atom is -0.496 e. The van der Waals surface area contributed by atoms with Crippen LogP contribution in [0.1, 0.15) is 21.5 Å². The molecule has 32 heavy (non-hydrogen) atoms. The molecule has 1 fully saturated rings. The van der Waals surface area contributed by atoms with Crippen LogP contribution in [0.3, 0.4) is 0 Å². The average molecular weight is 468 g/mol. The molecule has 10 heteroatoms. The Hall–Kier alpha value is -2.96. The van der Waals surface area contributed by atoms with Crippen molar-refractivity contribution in [3.05, 3.63) is 58.1 Å². The fourth-order valence-electron chi connectivity index (χ4n) is 3.77. The van der Waals surface area contributed by atoms with Gasteiger partial charge in [-0.3, -0.25) is 4.79 Å². The first-order valence-corrected chi connectivity index (χ1v) is 10.1. The molecule has 3 rings (SSSR count). The molecule has 1 aliphatic heterocycles. The van der Waals surface area contributed by atoms with Crippen LogP contribution in [0.2, 0.25) is 5.02 Å². The number of alkyl halides is 3. The van der Waals surface area contributed by atoms with Crippen molar-refractivity contribution < 1.29 is 27.4 Å². The molecule has 6 nitrogen and oxygen atoms in total. The van der Waals surface area contributed by atoms with Gasteiger partial charge in [0.2, 0.25) is 0 Å². The smallest absolute Gasteiger partial charge is 0.417 e. The van der Waals surface area contributed by atoms with Crippen molar-refractivity contribution >= 4 is 23.2 Å². The van der Waals surface area contributed by atoms with E-state index in [9.17, 15) is 18.0 Å². The van der Waals surface area contributed by atoms with Gasteiger partial charge in [-0.15, -0.1) is 0 Å². The van der Waals surface area contributed by atoms with Crippen molar-refractivity contribution in [1.29, 1.82) is 5.26 Å². The fraction of sp³-hybridized carbons (Fsp3) is 0.364. The number of benzene rings is 2. The topological polar surface area (TPSA) is 65.8 Å². The number of hydrogen-bond donors (Lipinski definition) is 0. The largest absolute Gasteiger partial charge is 0.496 e. The summed E-state index contributed by atoms with van der Waals surface area (Å²) in [5.74, 6) is 0.0743. The maximum Gasteiger partial charge on any atom is 0.417 e. The van der Waals surface area contributed by atoms with E-state index in [1.807, 2.05) is 0 Å². The number of ether oxygens (including phenoxy) is 2. The van der Waals surface area contributed by atoms with Gasteiger partial charge in [0.05, 0.1) is 42.5 Å². The summed E-state index contributed by atoms with van der Waals surface area (Å²) in [6.07, 6.45) is -4.65. The first kappa shape index (κ1) is 23.7. The fourth-order valence-corrected chi connectivity index (χ4v) is 3.93. The summed E-state index contributed by atoms with van der Waals surface area (Å²) in [5.41, 5.74) is -0.764. The molecule has 2 aromatic rings. The number of piperazine rings is 1. The molecular weight excluding hydrogens is 447 g/mol. The molecule has 1 aliphatic rings. The lowest BCUT2D eigenvalue weighted by Crippen LogP contribution is -2.56. The van der Waals surface area contributed by atoms with E-state index in [0.717, 1.165) is 12.1 Å². The number of carbonyl (C=O) groups excluding carboxylic acids is 1. The van der Waals surface area contributed by atoms with Gasteiger partial charge in [0.15, 0.2) is 0 Å².